The Balaban J connectivity index is 2.15. The van der Waals surface area contributed by atoms with Crippen molar-refractivity contribution in [1.82, 2.24) is 0 Å². The highest BCUT2D eigenvalue weighted by molar-refractivity contribution is 5.91. The third-order valence-electron chi connectivity index (χ3n) is 3.84. The lowest BCUT2D eigenvalue weighted by atomic mass is 9.90. The number of carbonyl (C=O) groups excluding carboxylic acids is 1. The van der Waals surface area contributed by atoms with Gasteiger partial charge >= 0.3 is 5.97 Å². The number of rotatable bonds is 3. The first kappa shape index (κ1) is 16.2. The molecule has 1 atom stereocenters. The second-order valence-corrected chi connectivity index (χ2v) is 6.81. The fourth-order valence-corrected chi connectivity index (χ4v) is 2.73. The van der Waals surface area contributed by atoms with Crippen molar-refractivity contribution in [1.29, 1.82) is 0 Å². The number of hydrogen-bond acceptors (Lipinski definition) is 4. The van der Waals surface area contributed by atoms with Gasteiger partial charge in [-0.3, -0.25) is 4.99 Å². The highest BCUT2D eigenvalue weighted by atomic mass is 16.6. The molecule has 0 aromatic heterocycles. The molecule has 1 aliphatic rings. The average molecular weight is 323 g/mol. The lowest BCUT2D eigenvalue weighted by molar-refractivity contribution is -0.159. The minimum Gasteiger partial charge on any atom is -0.497 e. The van der Waals surface area contributed by atoms with Gasteiger partial charge in [-0.05, 0) is 55.8 Å². The molecule has 4 nitrogen and oxygen atoms in total. The zero-order valence-corrected chi connectivity index (χ0v) is 14.4. The largest absolute Gasteiger partial charge is 0.497 e. The molecule has 1 aliphatic heterocycles. The van der Waals surface area contributed by atoms with Crippen LogP contribution in [0.1, 0.15) is 26.3 Å². The third kappa shape index (κ3) is 2.92. The Kier molecular flexibility index (Phi) is 3.91. The summed E-state index contributed by atoms with van der Waals surface area (Å²) in [6.45, 7) is 5.57. The van der Waals surface area contributed by atoms with Crippen LogP contribution in [0.25, 0.3) is 6.08 Å². The summed E-state index contributed by atoms with van der Waals surface area (Å²) in [5.74, 6) is 0.352. The predicted octanol–water partition coefficient (Wildman–Crippen LogP) is 2.35. The molecule has 0 amide bonds. The summed E-state index contributed by atoms with van der Waals surface area (Å²) in [7, 11) is 1.61. The number of fused-ring (bicyclic) bond motifs is 1. The second-order valence-electron chi connectivity index (χ2n) is 6.81. The van der Waals surface area contributed by atoms with Crippen molar-refractivity contribution in [2.24, 2.45) is 4.99 Å². The maximum absolute atomic E-state index is 13.0. The van der Waals surface area contributed by atoms with E-state index >= 15 is 0 Å². The number of benzene rings is 2. The Labute approximate surface area is 141 Å². The minimum absolute atomic E-state index is 0.378. The van der Waals surface area contributed by atoms with Gasteiger partial charge in [-0.1, -0.05) is 30.3 Å². The fourth-order valence-electron chi connectivity index (χ4n) is 2.73. The Morgan fingerprint density at radius 1 is 1.04 bits per heavy atom. The van der Waals surface area contributed by atoms with Gasteiger partial charge < -0.3 is 9.47 Å². The van der Waals surface area contributed by atoms with Crippen LogP contribution in [0, 0.1) is 0 Å². The lowest BCUT2D eigenvalue weighted by Crippen LogP contribution is -2.38. The van der Waals surface area contributed by atoms with Crippen LogP contribution in [0.4, 0.5) is 0 Å². The van der Waals surface area contributed by atoms with Crippen LogP contribution in [-0.2, 0) is 15.1 Å². The number of methoxy groups -OCH3 is 1. The molecule has 0 radical (unpaired) electrons. The Hall–Kier alpha value is -2.62. The van der Waals surface area contributed by atoms with E-state index in [1.807, 2.05) is 75.4 Å². The Morgan fingerprint density at radius 2 is 1.71 bits per heavy atom. The summed E-state index contributed by atoms with van der Waals surface area (Å²) in [4.78, 5) is 17.7. The monoisotopic (exact) mass is 323 g/mol. The molecule has 0 aliphatic carbocycles. The molecule has 1 heterocycles. The lowest BCUT2D eigenvalue weighted by Gasteiger charge is -2.28. The van der Waals surface area contributed by atoms with Crippen LogP contribution in [-0.4, -0.2) is 18.7 Å². The summed E-state index contributed by atoms with van der Waals surface area (Å²) in [6.07, 6.45) is 1.87. The quantitative estimate of drug-likeness (QED) is 0.815. The SMILES string of the molecule is COc1ccc(C2(C(=O)OC(C)(C)C)C=c3ccccc3=N2)cc1. The Morgan fingerprint density at radius 3 is 2.29 bits per heavy atom. The van der Waals surface area contributed by atoms with Crippen LogP contribution in [0.5, 0.6) is 5.75 Å². The molecule has 24 heavy (non-hydrogen) atoms. The van der Waals surface area contributed by atoms with E-state index in [4.69, 9.17) is 14.5 Å². The highest BCUT2D eigenvalue weighted by Crippen LogP contribution is 2.33. The molecule has 2 aromatic carbocycles. The normalized spacial score (nSPS) is 19.0. The van der Waals surface area contributed by atoms with Crippen LogP contribution in [0.3, 0.4) is 0 Å². The standard InChI is InChI=1S/C20H21NO3/c1-19(2,3)24-18(22)20(15-9-11-16(23-4)12-10-15)13-14-7-5-6-8-17(14)21-20/h5-13H,1-4H3. The van der Waals surface area contributed by atoms with Gasteiger partial charge in [0, 0.05) is 0 Å². The van der Waals surface area contributed by atoms with Gasteiger partial charge in [-0.15, -0.1) is 0 Å². The topological polar surface area (TPSA) is 47.9 Å². The average Bonchev–Trinajstić information content (AvgIpc) is 2.94. The molecule has 0 saturated heterocycles. The van der Waals surface area contributed by atoms with Crippen molar-refractivity contribution in [2.45, 2.75) is 31.9 Å². The van der Waals surface area contributed by atoms with Gasteiger partial charge in [0.05, 0.1) is 12.5 Å². The first-order valence-electron chi connectivity index (χ1n) is 7.90. The third-order valence-corrected chi connectivity index (χ3v) is 3.84. The number of nitrogens with zero attached hydrogens (tertiary/aromatic N) is 1. The maximum atomic E-state index is 13.0. The molecule has 124 valence electrons. The maximum Gasteiger partial charge on any atom is 0.343 e. The van der Waals surface area contributed by atoms with Crippen LogP contribution >= 0.6 is 0 Å². The predicted molar refractivity (Wildman–Crippen MR) is 92.2 cm³/mol. The number of para-hydroxylation sites is 1. The zero-order valence-electron chi connectivity index (χ0n) is 14.4. The van der Waals surface area contributed by atoms with E-state index in [-0.39, 0.29) is 5.97 Å². The van der Waals surface area contributed by atoms with Crippen molar-refractivity contribution < 1.29 is 14.3 Å². The molecule has 0 saturated carbocycles. The molecule has 1 unspecified atom stereocenters. The molecule has 3 rings (SSSR count). The van der Waals surface area contributed by atoms with Crippen molar-refractivity contribution in [2.75, 3.05) is 7.11 Å². The van der Waals surface area contributed by atoms with E-state index < -0.39 is 11.1 Å². The van der Waals surface area contributed by atoms with E-state index in [9.17, 15) is 4.79 Å². The van der Waals surface area contributed by atoms with Gasteiger partial charge in [-0.25, -0.2) is 4.79 Å². The van der Waals surface area contributed by atoms with Gasteiger partial charge in [0.25, 0.3) is 0 Å². The molecule has 0 bridgehead atoms. The van der Waals surface area contributed by atoms with E-state index in [0.717, 1.165) is 21.9 Å². The molecular formula is C20H21NO3. The van der Waals surface area contributed by atoms with E-state index in [1.165, 1.54) is 0 Å². The fraction of sp³-hybridized carbons (Fsp3) is 0.300. The van der Waals surface area contributed by atoms with Crippen LogP contribution < -0.4 is 15.3 Å². The molecule has 2 aromatic rings. The second kappa shape index (κ2) is 5.78. The molecular weight excluding hydrogens is 302 g/mol. The summed E-state index contributed by atoms with van der Waals surface area (Å²) in [5, 5.41) is 1.72. The Bertz CT molecular complexity index is 841. The first-order chi connectivity index (χ1) is 11.3. The number of carbonyl (C=O) groups is 1. The van der Waals surface area contributed by atoms with Gasteiger partial charge in [0.15, 0.2) is 0 Å². The summed E-state index contributed by atoms with van der Waals surface area (Å²) in [6, 6.07) is 15.1. The molecule has 0 fully saturated rings. The van der Waals surface area contributed by atoms with Crippen molar-refractivity contribution in [3.8, 4) is 5.75 Å². The molecule has 4 heteroatoms. The number of ether oxygens (including phenoxy) is 2. The number of hydrogen-bond donors (Lipinski definition) is 0. The smallest absolute Gasteiger partial charge is 0.343 e. The van der Waals surface area contributed by atoms with Gasteiger partial charge in [-0.2, -0.15) is 0 Å². The van der Waals surface area contributed by atoms with Crippen molar-refractivity contribution in [3.05, 3.63) is 64.7 Å². The highest BCUT2D eigenvalue weighted by Gasteiger charge is 2.43. The van der Waals surface area contributed by atoms with Crippen LogP contribution in [0.15, 0.2) is 53.5 Å². The van der Waals surface area contributed by atoms with E-state index in [0.29, 0.717) is 0 Å². The molecule has 0 spiro atoms. The van der Waals surface area contributed by atoms with Crippen LogP contribution in [0.2, 0.25) is 0 Å². The van der Waals surface area contributed by atoms with E-state index in [2.05, 4.69) is 0 Å². The summed E-state index contributed by atoms with van der Waals surface area (Å²) in [5.41, 5.74) is -0.994. The minimum atomic E-state index is -1.16. The summed E-state index contributed by atoms with van der Waals surface area (Å²) >= 11 is 0. The van der Waals surface area contributed by atoms with Gasteiger partial charge in [0.2, 0.25) is 5.54 Å². The van der Waals surface area contributed by atoms with Gasteiger partial charge in [0.1, 0.15) is 11.4 Å². The van der Waals surface area contributed by atoms with E-state index in [1.54, 1.807) is 7.11 Å². The summed E-state index contributed by atoms with van der Waals surface area (Å²) < 4.78 is 10.9. The van der Waals surface area contributed by atoms with Crippen molar-refractivity contribution >= 4 is 12.0 Å². The molecule has 0 N–H and O–H groups in total. The first-order valence-corrected chi connectivity index (χ1v) is 7.90. The van der Waals surface area contributed by atoms with Crippen molar-refractivity contribution in [3.63, 3.8) is 0 Å². The zero-order chi connectivity index (χ0) is 17.4. The number of esters is 1.